The zero-order chi connectivity index (χ0) is 17.8. The predicted molar refractivity (Wildman–Crippen MR) is 95.8 cm³/mol. The van der Waals surface area contributed by atoms with E-state index in [0.717, 1.165) is 64.2 Å². The maximum absolute atomic E-state index is 12.1. The molecular weight excluding hydrogens is 304 g/mol. The predicted octanol–water partition coefficient (Wildman–Crippen LogP) is 4.50. The maximum Gasteiger partial charge on any atom is 0.303 e. The van der Waals surface area contributed by atoms with Crippen molar-refractivity contribution in [2.75, 3.05) is 0 Å². The molecule has 2 N–H and O–H groups in total. The number of unbranched alkanes of at least 4 members (excludes halogenated alkanes) is 5. The van der Waals surface area contributed by atoms with E-state index >= 15 is 0 Å². The molecule has 0 unspecified atom stereocenters. The number of aliphatic hydroxyl groups excluding tert-OH is 1. The van der Waals surface area contributed by atoms with Crippen LogP contribution in [0.25, 0.3) is 0 Å². The van der Waals surface area contributed by atoms with E-state index in [-0.39, 0.29) is 24.4 Å². The summed E-state index contributed by atoms with van der Waals surface area (Å²) in [6.07, 6.45) is 14.0. The number of ketones is 1. The minimum absolute atomic E-state index is 0.101. The molecule has 0 aliphatic heterocycles. The molecule has 138 valence electrons. The van der Waals surface area contributed by atoms with Gasteiger partial charge in [-0.15, -0.1) is 0 Å². The zero-order valence-electron chi connectivity index (χ0n) is 15.1. The van der Waals surface area contributed by atoms with E-state index in [1.54, 1.807) is 0 Å². The van der Waals surface area contributed by atoms with Crippen molar-refractivity contribution in [2.24, 2.45) is 11.8 Å². The summed E-state index contributed by atoms with van der Waals surface area (Å²) in [6.45, 7) is 2.15. The van der Waals surface area contributed by atoms with Crippen LogP contribution in [0.3, 0.4) is 0 Å². The summed E-state index contributed by atoms with van der Waals surface area (Å²) in [6, 6.07) is 0. The smallest absolute Gasteiger partial charge is 0.303 e. The number of hydrogen-bond donors (Lipinski definition) is 2. The van der Waals surface area contributed by atoms with Gasteiger partial charge in [0.1, 0.15) is 5.78 Å². The third-order valence-electron chi connectivity index (χ3n) is 4.99. The maximum atomic E-state index is 12.1. The molecule has 4 heteroatoms. The van der Waals surface area contributed by atoms with Crippen molar-refractivity contribution in [3.63, 3.8) is 0 Å². The minimum Gasteiger partial charge on any atom is -0.481 e. The van der Waals surface area contributed by atoms with Crippen molar-refractivity contribution < 1.29 is 19.8 Å². The quantitative estimate of drug-likeness (QED) is 0.383. The summed E-state index contributed by atoms with van der Waals surface area (Å²) in [7, 11) is 0. The third-order valence-corrected chi connectivity index (χ3v) is 4.99. The second kappa shape index (κ2) is 12.2. The van der Waals surface area contributed by atoms with Crippen LogP contribution in [0.4, 0.5) is 0 Å². The number of carboxylic acids is 1. The lowest BCUT2D eigenvalue weighted by Crippen LogP contribution is -2.14. The number of Topliss-reactive ketones (excluding diaryl/α,β-unsaturated/α-hetero) is 1. The van der Waals surface area contributed by atoms with Crippen molar-refractivity contribution >= 4 is 11.8 Å². The van der Waals surface area contributed by atoms with Gasteiger partial charge in [0.05, 0.1) is 6.10 Å². The Morgan fingerprint density at radius 2 is 1.96 bits per heavy atom. The number of carbonyl (C=O) groups excluding carboxylic acids is 1. The Hall–Kier alpha value is -1.16. The van der Waals surface area contributed by atoms with Crippen LogP contribution in [0.5, 0.6) is 0 Å². The molecular formula is C20H34O4. The Morgan fingerprint density at radius 1 is 1.21 bits per heavy atom. The fourth-order valence-corrected chi connectivity index (χ4v) is 3.50. The lowest BCUT2D eigenvalue weighted by Gasteiger charge is -2.15. The average molecular weight is 338 g/mol. The molecule has 4 nitrogen and oxygen atoms in total. The molecule has 0 radical (unpaired) electrons. The fourth-order valence-electron chi connectivity index (χ4n) is 3.50. The largest absolute Gasteiger partial charge is 0.481 e. The molecule has 0 spiro atoms. The molecule has 0 saturated heterocycles. The number of aliphatic hydroxyl groups is 1. The molecule has 0 amide bonds. The van der Waals surface area contributed by atoms with Crippen LogP contribution >= 0.6 is 0 Å². The van der Waals surface area contributed by atoms with E-state index in [0.29, 0.717) is 12.2 Å². The van der Waals surface area contributed by atoms with Gasteiger partial charge in [-0.3, -0.25) is 9.59 Å². The number of carboxylic acid groups (broad SMARTS) is 1. The summed E-state index contributed by atoms with van der Waals surface area (Å²) in [5.74, 6) is 0.000218. The SMILES string of the molecule is CCCCC[C@@H](O)/C=C/[C@H]1CCC(=O)[C@H]1CCCCCCC(=O)O. The first-order valence-electron chi connectivity index (χ1n) is 9.65. The molecule has 1 aliphatic rings. The van der Waals surface area contributed by atoms with Crippen molar-refractivity contribution in [1.29, 1.82) is 0 Å². The van der Waals surface area contributed by atoms with Crippen LogP contribution in [0.2, 0.25) is 0 Å². The molecule has 0 aromatic heterocycles. The van der Waals surface area contributed by atoms with Crippen LogP contribution in [-0.2, 0) is 9.59 Å². The van der Waals surface area contributed by atoms with E-state index in [9.17, 15) is 14.7 Å². The number of rotatable bonds is 13. The van der Waals surface area contributed by atoms with Crippen molar-refractivity contribution in [1.82, 2.24) is 0 Å². The molecule has 0 aromatic rings. The van der Waals surface area contributed by atoms with Crippen molar-refractivity contribution in [2.45, 2.75) is 90.1 Å². The second-order valence-electron chi connectivity index (χ2n) is 7.07. The summed E-state index contributed by atoms with van der Waals surface area (Å²) in [5.41, 5.74) is 0. The standard InChI is InChI=1S/C20H34O4/c1-2-3-6-9-17(21)14-12-16-13-15-19(22)18(16)10-7-4-5-8-11-20(23)24/h12,14,16-18,21H,2-11,13,15H2,1H3,(H,23,24)/b14-12+/t16-,17+,18-/m0/s1. The molecule has 0 bridgehead atoms. The van der Waals surface area contributed by atoms with E-state index < -0.39 is 5.97 Å². The molecule has 1 aliphatic carbocycles. The Balaban J connectivity index is 2.28. The first-order chi connectivity index (χ1) is 11.5. The molecule has 1 rings (SSSR count). The molecule has 1 saturated carbocycles. The van der Waals surface area contributed by atoms with Gasteiger partial charge in [0.25, 0.3) is 0 Å². The average Bonchev–Trinajstić information content (AvgIpc) is 2.89. The highest BCUT2D eigenvalue weighted by Gasteiger charge is 2.32. The van der Waals surface area contributed by atoms with Gasteiger partial charge in [0.2, 0.25) is 0 Å². The summed E-state index contributed by atoms with van der Waals surface area (Å²) >= 11 is 0. The Morgan fingerprint density at radius 3 is 2.67 bits per heavy atom. The lowest BCUT2D eigenvalue weighted by molar-refractivity contribution is -0.137. The minimum atomic E-state index is -0.733. The summed E-state index contributed by atoms with van der Waals surface area (Å²) < 4.78 is 0. The topological polar surface area (TPSA) is 74.6 Å². The monoisotopic (exact) mass is 338 g/mol. The Kier molecular flexibility index (Phi) is 10.6. The van der Waals surface area contributed by atoms with Gasteiger partial charge in [-0.2, -0.15) is 0 Å². The highest BCUT2D eigenvalue weighted by molar-refractivity contribution is 5.83. The van der Waals surface area contributed by atoms with Crippen molar-refractivity contribution in [3.8, 4) is 0 Å². The molecule has 24 heavy (non-hydrogen) atoms. The lowest BCUT2D eigenvalue weighted by atomic mass is 9.89. The van der Waals surface area contributed by atoms with Crippen LogP contribution in [0, 0.1) is 11.8 Å². The summed E-state index contributed by atoms with van der Waals surface area (Å²) in [4.78, 5) is 22.5. The Bertz CT molecular complexity index is 402. The normalized spacial score (nSPS) is 22.3. The van der Waals surface area contributed by atoms with Gasteiger partial charge in [-0.1, -0.05) is 57.6 Å². The number of aliphatic carboxylic acids is 1. The Labute approximate surface area is 146 Å². The molecule has 0 aromatic carbocycles. The first-order valence-corrected chi connectivity index (χ1v) is 9.65. The van der Waals surface area contributed by atoms with Gasteiger partial charge in [0.15, 0.2) is 0 Å². The molecule has 1 fully saturated rings. The zero-order valence-corrected chi connectivity index (χ0v) is 15.1. The van der Waals surface area contributed by atoms with Crippen LogP contribution in [0.15, 0.2) is 12.2 Å². The number of carbonyl (C=O) groups is 2. The van der Waals surface area contributed by atoms with Crippen molar-refractivity contribution in [3.05, 3.63) is 12.2 Å². The van der Waals surface area contributed by atoms with E-state index in [1.807, 2.05) is 6.08 Å². The second-order valence-corrected chi connectivity index (χ2v) is 7.07. The highest BCUT2D eigenvalue weighted by atomic mass is 16.4. The molecule has 3 atom stereocenters. The van der Waals surface area contributed by atoms with Gasteiger partial charge < -0.3 is 10.2 Å². The number of hydrogen-bond acceptors (Lipinski definition) is 3. The first kappa shape index (κ1) is 20.9. The van der Waals surface area contributed by atoms with Crippen LogP contribution in [-0.4, -0.2) is 28.1 Å². The summed E-state index contributed by atoms with van der Waals surface area (Å²) in [5, 5.41) is 18.6. The molecule has 0 heterocycles. The highest BCUT2D eigenvalue weighted by Crippen LogP contribution is 2.34. The van der Waals surface area contributed by atoms with E-state index in [2.05, 4.69) is 13.0 Å². The number of allylic oxidation sites excluding steroid dienone is 1. The third kappa shape index (κ3) is 8.62. The van der Waals surface area contributed by atoms with Crippen LogP contribution in [0.1, 0.15) is 84.0 Å². The fraction of sp³-hybridized carbons (Fsp3) is 0.800. The van der Waals surface area contributed by atoms with Gasteiger partial charge in [0, 0.05) is 18.8 Å². The van der Waals surface area contributed by atoms with Gasteiger partial charge in [-0.05, 0) is 31.6 Å². The van der Waals surface area contributed by atoms with Gasteiger partial charge >= 0.3 is 5.97 Å². The van der Waals surface area contributed by atoms with E-state index in [4.69, 9.17) is 5.11 Å². The van der Waals surface area contributed by atoms with Gasteiger partial charge in [-0.25, -0.2) is 0 Å². The van der Waals surface area contributed by atoms with Crippen LogP contribution < -0.4 is 0 Å². The van der Waals surface area contributed by atoms with E-state index in [1.165, 1.54) is 0 Å².